The fourth-order valence-electron chi connectivity index (χ4n) is 5.55. The van der Waals surface area contributed by atoms with Crippen LogP contribution in [0.1, 0.15) is 44.0 Å². The molecule has 41 heavy (non-hydrogen) atoms. The lowest BCUT2D eigenvalue weighted by molar-refractivity contribution is -0.191. The third kappa shape index (κ3) is 6.32. The highest BCUT2D eigenvalue weighted by Crippen LogP contribution is 2.36. The SMILES string of the molecule is CC(C)n1nc(CN2CCC3(CC2)CN(c2ccccc2)C(=O)O3)c2cc(OCc3ccccc3)ccc21.O=C=O. The van der Waals surface area contributed by atoms with Gasteiger partial charge in [-0.15, -0.1) is 0 Å². The van der Waals surface area contributed by atoms with Crippen molar-refractivity contribution in [2.75, 3.05) is 24.5 Å². The molecular formula is C32H34N4O5. The molecule has 0 atom stereocenters. The van der Waals surface area contributed by atoms with Crippen molar-refractivity contribution in [1.82, 2.24) is 14.7 Å². The van der Waals surface area contributed by atoms with Gasteiger partial charge in [0.1, 0.15) is 18.0 Å². The van der Waals surface area contributed by atoms with Gasteiger partial charge in [0.2, 0.25) is 0 Å². The summed E-state index contributed by atoms with van der Waals surface area (Å²) in [5.41, 5.74) is 3.81. The van der Waals surface area contributed by atoms with Gasteiger partial charge in [0.25, 0.3) is 0 Å². The molecule has 2 saturated heterocycles. The van der Waals surface area contributed by atoms with E-state index in [2.05, 4.69) is 47.7 Å². The molecule has 0 radical (unpaired) electrons. The lowest BCUT2D eigenvalue weighted by Gasteiger charge is -2.37. The highest BCUT2D eigenvalue weighted by atomic mass is 16.6. The molecule has 9 heteroatoms. The van der Waals surface area contributed by atoms with Crippen LogP contribution in [0.25, 0.3) is 10.9 Å². The van der Waals surface area contributed by atoms with Crippen LogP contribution in [0.3, 0.4) is 0 Å². The molecule has 4 aromatic rings. The van der Waals surface area contributed by atoms with E-state index in [9.17, 15) is 4.79 Å². The van der Waals surface area contributed by atoms with Gasteiger partial charge in [-0.25, -0.2) is 4.79 Å². The second-order valence-corrected chi connectivity index (χ2v) is 10.8. The molecule has 6 rings (SSSR count). The quantitative estimate of drug-likeness (QED) is 0.293. The van der Waals surface area contributed by atoms with Gasteiger partial charge in [-0.05, 0) is 49.7 Å². The Morgan fingerprint density at radius 2 is 1.63 bits per heavy atom. The molecule has 9 nitrogen and oxygen atoms in total. The fourth-order valence-corrected chi connectivity index (χ4v) is 5.55. The number of fused-ring (bicyclic) bond motifs is 1. The molecule has 3 aromatic carbocycles. The lowest BCUT2D eigenvalue weighted by Crippen LogP contribution is -2.46. The van der Waals surface area contributed by atoms with Crippen molar-refractivity contribution in [1.29, 1.82) is 0 Å². The first-order valence-electron chi connectivity index (χ1n) is 13.9. The van der Waals surface area contributed by atoms with E-state index in [1.165, 1.54) is 0 Å². The first kappa shape index (κ1) is 28.1. The zero-order chi connectivity index (χ0) is 28.8. The Labute approximate surface area is 239 Å². The summed E-state index contributed by atoms with van der Waals surface area (Å²) in [5, 5.41) is 6.15. The van der Waals surface area contributed by atoms with E-state index in [0.717, 1.165) is 66.1 Å². The first-order valence-corrected chi connectivity index (χ1v) is 13.9. The minimum Gasteiger partial charge on any atom is -0.489 e. The lowest BCUT2D eigenvalue weighted by atomic mass is 9.91. The second-order valence-electron chi connectivity index (χ2n) is 10.8. The third-order valence-electron chi connectivity index (χ3n) is 7.67. The fraction of sp³-hybridized carbons (Fsp3) is 0.344. The molecule has 1 amide bonds. The molecule has 0 bridgehead atoms. The Morgan fingerprint density at radius 1 is 0.976 bits per heavy atom. The van der Waals surface area contributed by atoms with E-state index in [0.29, 0.717) is 13.2 Å². The molecule has 0 aliphatic carbocycles. The maximum absolute atomic E-state index is 12.7. The Hall–Kier alpha value is -4.46. The van der Waals surface area contributed by atoms with E-state index in [1.54, 1.807) is 4.90 Å². The Morgan fingerprint density at radius 3 is 2.29 bits per heavy atom. The van der Waals surface area contributed by atoms with E-state index in [1.807, 2.05) is 54.6 Å². The highest BCUT2D eigenvalue weighted by Gasteiger charge is 2.47. The summed E-state index contributed by atoms with van der Waals surface area (Å²) in [6, 6.07) is 26.5. The molecule has 0 N–H and O–H groups in total. The van der Waals surface area contributed by atoms with Crippen molar-refractivity contribution < 1.29 is 23.9 Å². The Balaban J connectivity index is 0.00000108. The minimum absolute atomic E-state index is 0.241. The van der Waals surface area contributed by atoms with Gasteiger partial charge in [-0.2, -0.15) is 14.7 Å². The standard InChI is InChI=1S/C31H34N4O3.CO2/c1-23(2)35-29-14-13-26(37-21-24-9-5-3-6-10-24)19-27(29)28(32-35)20-33-17-15-31(16-18-33)22-34(30(36)38-31)25-11-7-4-8-12-25;2-1-3/h3-14,19,23H,15-18,20-22H2,1-2H3;. The maximum atomic E-state index is 12.7. The summed E-state index contributed by atoms with van der Waals surface area (Å²) in [6.07, 6.45) is 1.64. The van der Waals surface area contributed by atoms with Gasteiger partial charge in [-0.3, -0.25) is 14.5 Å². The molecule has 3 heterocycles. The van der Waals surface area contributed by atoms with Gasteiger partial charge in [0.15, 0.2) is 0 Å². The number of para-hydroxylation sites is 1. The van der Waals surface area contributed by atoms with Crippen LogP contribution in [0.15, 0.2) is 78.9 Å². The van der Waals surface area contributed by atoms with Crippen LogP contribution in [-0.4, -0.2) is 52.2 Å². The van der Waals surface area contributed by atoms with Crippen LogP contribution in [-0.2, 0) is 27.5 Å². The van der Waals surface area contributed by atoms with Crippen molar-refractivity contribution in [3.63, 3.8) is 0 Å². The van der Waals surface area contributed by atoms with Crippen LogP contribution in [0, 0.1) is 0 Å². The number of piperidine rings is 1. The molecule has 2 aliphatic rings. The highest BCUT2D eigenvalue weighted by molar-refractivity contribution is 5.90. The Kier molecular flexibility index (Phi) is 8.47. The number of anilines is 1. The molecule has 0 unspecified atom stereocenters. The average molecular weight is 555 g/mol. The summed E-state index contributed by atoms with van der Waals surface area (Å²) in [5.74, 6) is 0.849. The molecule has 1 spiro atoms. The predicted octanol–water partition coefficient (Wildman–Crippen LogP) is 5.60. The number of aromatic nitrogens is 2. The van der Waals surface area contributed by atoms with E-state index < -0.39 is 5.60 Å². The van der Waals surface area contributed by atoms with E-state index >= 15 is 0 Å². The summed E-state index contributed by atoms with van der Waals surface area (Å²) in [7, 11) is 0. The van der Waals surface area contributed by atoms with Gasteiger partial charge in [0, 0.05) is 49.6 Å². The summed E-state index contributed by atoms with van der Waals surface area (Å²) in [6.45, 7) is 7.93. The molecule has 1 aromatic heterocycles. The van der Waals surface area contributed by atoms with E-state index in [-0.39, 0.29) is 18.3 Å². The van der Waals surface area contributed by atoms with Crippen molar-refractivity contribution in [3.05, 3.63) is 90.1 Å². The maximum Gasteiger partial charge on any atom is 0.415 e. The molecular weight excluding hydrogens is 520 g/mol. The van der Waals surface area contributed by atoms with Crippen molar-refractivity contribution in [2.24, 2.45) is 0 Å². The number of hydrogen-bond acceptors (Lipinski definition) is 7. The van der Waals surface area contributed by atoms with Gasteiger partial charge in [-0.1, -0.05) is 48.5 Å². The number of carbonyl (C=O) groups excluding carboxylic acids is 3. The third-order valence-corrected chi connectivity index (χ3v) is 7.67. The summed E-state index contributed by atoms with van der Waals surface area (Å²) >= 11 is 0. The number of carbonyl (C=O) groups is 1. The van der Waals surface area contributed by atoms with Crippen LogP contribution in [0.5, 0.6) is 5.75 Å². The zero-order valence-corrected chi connectivity index (χ0v) is 23.4. The monoisotopic (exact) mass is 554 g/mol. The van der Waals surface area contributed by atoms with Crippen molar-refractivity contribution in [2.45, 2.75) is 51.5 Å². The largest absolute Gasteiger partial charge is 0.489 e. The first-order chi connectivity index (χ1) is 19.9. The normalized spacial score (nSPS) is 16.4. The molecule has 2 aliphatic heterocycles. The topological polar surface area (TPSA) is 94.0 Å². The van der Waals surface area contributed by atoms with Crippen LogP contribution < -0.4 is 9.64 Å². The number of amides is 1. The van der Waals surface area contributed by atoms with Gasteiger partial charge in [0.05, 0.1) is 17.8 Å². The van der Waals surface area contributed by atoms with Gasteiger partial charge < -0.3 is 9.47 Å². The summed E-state index contributed by atoms with van der Waals surface area (Å²) in [4.78, 5) is 33.1. The van der Waals surface area contributed by atoms with Crippen molar-refractivity contribution in [3.8, 4) is 5.75 Å². The number of hydrogen-bond donors (Lipinski definition) is 0. The number of benzene rings is 3. The zero-order valence-electron chi connectivity index (χ0n) is 23.4. The molecule has 0 saturated carbocycles. The minimum atomic E-state index is -0.415. The number of nitrogens with zero attached hydrogens (tertiary/aromatic N) is 4. The van der Waals surface area contributed by atoms with Crippen LogP contribution in [0.4, 0.5) is 10.5 Å². The van der Waals surface area contributed by atoms with Gasteiger partial charge >= 0.3 is 12.2 Å². The average Bonchev–Trinajstić information content (AvgIpc) is 3.51. The number of rotatable bonds is 7. The smallest absolute Gasteiger partial charge is 0.415 e. The predicted molar refractivity (Wildman–Crippen MR) is 153 cm³/mol. The molecule has 212 valence electrons. The van der Waals surface area contributed by atoms with Crippen LogP contribution >= 0.6 is 0 Å². The Bertz CT molecular complexity index is 1510. The van der Waals surface area contributed by atoms with Crippen molar-refractivity contribution >= 4 is 28.8 Å². The summed E-state index contributed by atoms with van der Waals surface area (Å²) < 4.78 is 14.2. The number of likely N-dealkylation sites (tertiary alicyclic amines) is 1. The van der Waals surface area contributed by atoms with Crippen LogP contribution in [0.2, 0.25) is 0 Å². The number of ether oxygens (including phenoxy) is 2. The van der Waals surface area contributed by atoms with E-state index in [4.69, 9.17) is 24.2 Å². The second kappa shape index (κ2) is 12.4. The molecule has 2 fully saturated rings.